The van der Waals surface area contributed by atoms with Crippen LogP contribution in [0.2, 0.25) is 0 Å². The van der Waals surface area contributed by atoms with E-state index in [9.17, 15) is 22.4 Å². The number of nitrogens with one attached hydrogen (secondary N) is 1. The molecular weight excluding hydrogens is 561 g/mol. The molecule has 0 saturated heterocycles. The van der Waals surface area contributed by atoms with E-state index in [-0.39, 0.29) is 41.1 Å². The fourth-order valence-corrected chi connectivity index (χ4v) is 5.79. The summed E-state index contributed by atoms with van der Waals surface area (Å²) >= 11 is 0. The molecule has 0 spiro atoms. The van der Waals surface area contributed by atoms with E-state index in [1.54, 1.807) is 37.3 Å². The average molecular weight is 600 g/mol. The number of amides is 2. The quantitative estimate of drug-likeness (QED) is 0.290. The van der Waals surface area contributed by atoms with Crippen molar-refractivity contribution in [3.8, 4) is 11.5 Å². The molecule has 42 heavy (non-hydrogen) atoms. The lowest BCUT2D eigenvalue weighted by Gasteiger charge is -2.33. The number of sulfonamides is 1. The first-order valence-electron chi connectivity index (χ1n) is 13.6. The van der Waals surface area contributed by atoms with Crippen LogP contribution >= 0.6 is 0 Å². The highest BCUT2D eigenvalue weighted by Gasteiger charge is 2.34. The molecular formula is C31H38FN3O6S. The summed E-state index contributed by atoms with van der Waals surface area (Å²) < 4.78 is 53.3. The second-order valence-corrected chi connectivity index (χ2v) is 11.9. The van der Waals surface area contributed by atoms with Crippen LogP contribution < -0.4 is 19.1 Å². The van der Waals surface area contributed by atoms with Gasteiger partial charge >= 0.3 is 0 Å². The predicted octanol–water partition coefficient (Wildman–Crippen LogP) is 4.62. The molecule has 226 valence electrons. The number of halogens is 1. The minimum absolute atomic E-state index is 0.0221. The Balaban J connectivity index is 2.05. The number of anilines is 1. The monoisotopic (exact) mass is 599 g/mol. The predicted molar refractivity (Wildman–Crippen MR) is 159 cm³/mol. The zero-order chi connectivity index (χ0) is 30.9. The molecule has 0 fully saturated rings. The number of para-hydroxylation sites is 1. The maximum Gasteiger partial charge on any atom is 0.264 e. The number of hydrogen-bond acceptors (Lipinski definition) is 6. The Kier molecular flexibility index (Phi) is 11.3. The van der Waals surface area contributed by atoms with Gasteiger partial charge < -0.3 is 19.7 Å². The molecule has 3 aromatic rings. The molecule has 1 atom stereocenters. The smallest absolute Gasteiger partial charge is 0.264 e. The van der Waals surface area contributed by atoms with Crippen molar-refractivity contribution < 1.29 is 31.9 Å². The van der Waals surface area contributed by atoms with Crippen molar-refractivity contribution >= 4 is 27.5 Å². The number of ether oxygens (including phenoxy) is 2. The molecule has 1 unspecified atom stereocenters. The standard InChI is InChI=1S/C31H38FN3O6S/c1-6-27(31(37)33-19-22(2)3)34(20-23-12-14-24(32)15-13-23)30(36)21-35(25-10-8-7-9-11-25)42(38,39)26-16-17-28(40-4)29(18-26)41-5/h7-18,22,27H,6,19-21H2,1-5H3,(H,33,37). The van der Waals surface area contributed by atoms with Crippen molar-refractivity contribution in [1.82, 2.24) is 10.2 Å². The van der Waals surface area contributed by atoms with Gasteiger partial charge in [-0.05, 0) is 54.3 Å². The SMILES string of the molecule is CCC(C(=O)NCC(C)C)N(Cc1ccc(F)cc1)C(=O)CN(c1ccccc1)S(=O)(=O)c1ccc(OC)c(OC)c1. The third-order valence-corrected chi connectivity index (χ3v) is 8.37. The van der Waals surface area contributed by atoms with Gasteiger partial charge in [-0.3, -0.25) is 13.9 Å². The zero-order valence-corrected chi connectivity index (χ0v) is 25.4. The summed E-state index contributed by atoms with van der Waals surface area (Å²) in [6, 6.07) is 17.2. The highest BCUT2D eigenvalue weighted by atomic mass is 32.2. The molecule has 0 heterocycles. The largest absolute Gasteiger partial charge is 0.493 e. The maximum atomic E-state index is 14.1. The average Bonchev–Trinajstić information content (AvgIpc) is 2.99. The third-order valence-electron chi connectivity index (χ3n) is 6.60. The summed E-state index contributed by atoms with van der Waals surface area (Å²) in [7, 11) is -1.45. The van der Waals surface area contributed by atoms with Crippen molar-refractivity contribution in [3.05, 3.63) is 84.2 Å². The summed E-state index contributed by atoms with van der Waals surface area (Å²) in [6.07, 6.45) is 0.282. The van der Waals surface area contributed by atoms with E-state index in [4.69, 9.17) is 9.47 Å². The molecule has 1 N–H and O–H groups in total. The number of benzene rings is 3. The van der Waals surface area contributed by atoms with E-state index in [1.165, 1.54) is 61.6 Å². The topological polar surface area (TPSA) is 105 Å². The number of methoxy groups -OCH3 is 2. The first kappa shape index (κ1) is 32.4. The second kappa shape index (κ2) is 14.7. The van der Waals surface area contributed by atoms with Gasteiger partial charge in [0, 0.05) is 19.2 Å². The van der Waals surface area contributed by atoms with Crippen LogP contribution in [0.1, 0.15) is 32.8 Å². The number of carbonyl (C=O) groups is 2. The van der Waals surface area contributed by atoms with Crippen LogP contribution in [0, 0.1) is 11.7 Å². The zero-order valence-electron chi connectivity index (χ0n) is 24.5. The summed E-state index contributed by atoms with van der Waals surface area (Å²) in [5, 5.41) is 2.88. The van der Waals surface area contributed by atoms with Crippen LogP contribution in [0.4, 0.5) is 10.1 Å². The van der Waals surface area contributed by atoms with E-state index in [0.29, 0.717) is 17.9 Å². The molecule has 0 saturated carbocycles. The second-order valence-electron chi connectivity index (χ2n) is 10.1. The lowest BCUT2D eigenvalue weighted by molar-refractivity contribution is -0.140. The van der Waals surface area contributed by atoms with Gasteiger partial charge in [-0.25, -0.2) is 12.8 Å². The molecule has 3 aromatic carbocycles. The van der Waals surface area contributed by atoms with Gasteiger partial charge in [0.05, 0.1) is 24.8 Å². The number of nitrogens with zero attached hydrogens (tertiary/aromatic N) is 2. The van der Waals surface area contributed by atoms with Crippen molar-refractivity contribution in [3.63, 3.8) is 0 Å². The number of carbonyl (C=O) groups excluding carboxylic acids is 2. The molecule has 0 aliphatic carbocycles. The van der Waals surface area contributed by atoms with Crippen LogP contribution in [-0.4, -0.2) is 58.5 Å². The Bertz CT molecular complexity index is 1450. The van der Waals surface area contributed by atoms with Crippen molar-refractivity contribution in [1.29, 1.82) is 0 Å². The fraction of sp³-hybridized carbons (Fsp3) is 0.355. The van der Waals surface area contributed by atoms with Gasteiger partial charge in [-0.1, -0.05) is 51.1 Å². The highest BCUT2D eigenvalue weighted by molar-refractivity contribution is 7.92. The third kappa shape index (κ3) is 8.00. The fourth-order valence-electron chi connectivity index (χ4n) is 4.36. The minimum Gasteiger partial charge on any atom is -0.493 e. The lowest BCUT2D eigenvalue weighted by atomic mass is 10.1. The Morgan fingerprint density at radius 2 is 1.57 bits per heavy atom. The van der Waals surface area contributed by atoms with E-state index < -0.39 is 34.3 Å². The summed E-state index contributed by atoms with van der Waals surface area (Å²) in [5.74, 6) is -0.636. The highest BCUT2D eigenvalue weighted by Crippen LogP contribution is 2.32. The van der Waals surface area contributed by atoms with Crippen LogP contribution in [0.3, 0.4) is 0 Å². The van der Waals surface area contributed by atoms with Crippen molar-refractivity contribution in [2.45, 2.75) is 44.7 Å². The van der Waals surface area contributed by atoms with Crippen LogP contribution in [-0.2, 0) is 26.2 Å². The summed E-state index contributed by atoms with van der Waals surface area (Å²) in [6.45, 7) is 5.50. The first-order valence-corrected chi connectivity index (χ1v) is 15.1. The molecule has 0 aliphatic heterocycles. The Morgan fingerprint density at radius 3 is 2.14 bits per heavy atom. The molecule has 9 nitrogen and oxygen atoms in total. The lowest BCUT2D eigenvalue weighted by Crippen LogP contribution is -2.52. The van der Waals surface area contributed by atoms with Gasteiger partial charge in [0.15, 0.2) is 11.5 Å². The molecule has 0 radical (unpaired) electrons. The Labute approximate surface area is 247 Å². The number of rotatable bonds is 14. The van der Waals surface area contributed by atoms with Gasteiger partial charge in [0.2, 0.25) is 11.8 Å². The van der Waals surface area contributed by atoms with Crippen LogP contribution in [0.25, 0.3) is 0 Å². The maximum absolute atomic E-state index is 14.1. The molecule has 11 heteroatoms. The first-order chi connectivity index (χ1) is 20.0. The van der Waals surface area contributed by atoms with Crippen molar-refractivity contribution in [2.75, 3.05) is 31.6 Å². The Hall–Kier alpha value is -4.12. The minimum atomic E-state index is -4.29. The molecule has 3 rings (SSSR count). The van der Waals surface area contributed by atoms with E-state index in [1.807, 2.05) is 13.8 Å². The molecule has 0 aliphatic rings. The summed E-state index contributed by atoms with van der Waals surface area (Å²) in [4.78, 5) is 28.6. The molecule has 0 aromatic heterocycles. The van der Waals surface area contributed by atoms with Gasteiger partial charge in [0.1, 0.15) is 18.4 Å². The van der Waals surface area contributed by atoms with Crippen LogP contribution in [0.5, 0.6) is 11.5 Å². The van der Waals surface area contributed by atoms with Gasteiger partial charge in [-0.15, -0.1) is 0 Å². The van der Waals surface area contributed by atoms with E-state index >= 15 is 0 Å². The van der Waals surface area contributed by atoms with Crippen LogP contribution in [0.15, 0.2) is 77.7 Å². The van der Waals surface area contributed by atoms with Gasteiger partial charge in [-0.2, -0.15) is 0 Å². The van der Waals surface area contributed by atoms with E-state index in [2.05, 4.69) is 5.32 Å². The van der Waals surface area contributed by atoms with Gasteiger partial charge in [0.25, 0.3) is 10.0 Å². The normalized spacial score (nSPS) is 12.0. The molecule has 2 amide bonds. The number of hydrogen-bond donors (Lipinski definition) is 1. The van der Waals surface area contributed by atoms with Crippen molar-refractivity contribution in [2.24, 2.45) is 5.92 Å². The van der Waals surface area contributed by atoms with E-state index in [0.717, 1.165) is 4.31 Å². The molecule has 0 bridgehead atoms. The summed E-state index contributed by atoms with van der Waals surface area (Å²) in [5.41, 5.74) is 0.855. The Morgan fingerprint density at radius 1 is 0.929 bits per heavy atom.